The topological polar surface area (TPSA) is 181 Å². The standard InChI is InChI=1S/C29H35N3O7/c1-38-26-22-4-2-3-18-13-17(6-9-21(34)15-20(33)8-5-16(22)7-10-24(26)35)23-14-19(11-12-32-29(30)31)28(37)39-27(23)25(18)36/h7,10,13,19,21,28,34-37H,3,5-6,8-9,11-12,14-15H2,1H3,(H4,30,31,32). The van der Waals surface area contributed by atoms with Crippen LogP contribution in [0.4, 0.5) is 0 Å². The van der Waals surface area contributed by atoms with Crippen molar-refractivity contribution in [2.24, 2.45) is 22.4 Å². The number of aliphatic hydroxyl groups excluding tert-OH is 2. The summed E-state index contributed by atoms with van der Waals surface area (Å²) in [5.41, 5.74) is 14.1. The Labute approximate surface area is 227 Å². The number of aromatic hydroxyl groups is 2. The number of nitrogens with two attached hydrogens (primary N) is 2. The highest BCUT2D eigenvalue weighted by atomic mass is 16.6. The molecule has 3 atom stereocenters. The van der Waals surface area contributed by atoms with Crippen LogP contribution in [0.1, 0.15) is 53.5 Å². The van der Waals surface area contributed by atoms with Crippen molar-refractivity contribution in [3.05, 3.63) is 46.0 Å². The second-order valence-electron chi connectivity index (χ2n) is 9.98. The molecule has 0 saturated heterocycles. The normalized spacial score (nSPS) is 21.1. The molecule has 39 heavy (non-hydrogen) atoms. The monoisotopic (exact) mass is 537 g/mol. The Balaban J connectivity index is 1.74. The molecule has 1 aliphatic carbocycles. The van der Waals surface area contributed by atoms with E-state index < -0.39 is 12.4 Å². The lowest BCUT2D eigenvalue weighted by Gasteiger charge is -2.32. The molecule has 10 heteroatoms. The Morgan fingerprint density at radius 3 is 2.67 bits per heavy atom. The van der Waals surface area contributed by atoms with Crippen molar-refractivity contribution in [2.45, 2.75) is 63.8 Å². The van der Waals surface area contributed by atoms with E-state index in [1.165, 1.54) is 13.2 Å². The van der Waals surface area contributed by atoms with Crippen molar-refractivity contribution < 1.29 is 34.7 Å². The number of aliphatic imine (C=N–C) groups is 1. The molecule has 0 fully saturated rings. The average Bonchev–Trinajstić information content (AvgIpc) is 2.89. The number of benzene rings is 2. The number of fused-ring (bicyclic) bond motifs is 5. The van der Waals surface area contributed by atoms with E-state index in [0.29, 0.717) is 49.8 Å². The number of hydrogen-bond acceptors (Lipinski definition) is 8. The molecule has 1 aliphatic heterocycles. The highest BCUT2D eigenvalue weighted by Crippen LogP contribution is 2.43. The van der Waals surface area contributed by atoms with E-state index in [1.807, 2.05) is 6.07 Å². The van der Waals surface area contributed by atoms with Gasteiger partial charge in [0.25, 0.3) is 0 Å². The molecule has 2 aromatic carbocycles. The molecule has 8 N–H and O–H groups in total. The summed E-state index contributed by atoms with van der Waals surface area (Å²) in [6.45, 7) is 0.319. The zero-order chi connectivity index (χ0) is 28.1. The molecule has 3 unspecified atom stereocenters. The molecule has 0 amide bonds. The first-order chi connectivity index (χ1) is 18.7. The van der Waals surface area contributed by atoms with E-state index >= 15 is 0 Å². The van der Waals surface area contributed by atoms with E-state index in [1.54, 1.807) is 6.07 Å². The Morgan fingerprint density at radius 1 is 1.13 bits per heavy atom. The van der Waals surface area contributed by atoms with Crippen molar-refractivity contribution in [1.29, 1.82) is 0 Å². The van der Waals surface area contributed by atoms with Gasteiger partial charge in [0.2, 0.25) is 6.29 Å². The number of aryl methyl sites for hydroxylation is 2. The van der Waals surface area contributed by atoms with Crippen LogP contribution < -0.4 is 20.9 Å². The first-order valence-corrected chi connectivity index (χ1v) is 13.0. The van der Waals surface area contributed by atoms with Gasteiger partial charge in [-0.15, -0.1) is 0 Å². The van der Waals surface area contributed by atoms with Crippen LogP contribution in [0.2, 0.25) is 0 Å². The number of carbonyl (C=O) groups excluding carboxylic acids is 1. The number of rotatable bonds is 4. The van der Waals surface area contributed by atoms with Gasteiger partial charge in [0, 0.05) is 42.9 Å². The van der Waals surface area contributed by atoms with Crippen molar-refractivity contribution >= 4 is 11.7 Å². The summed E-state index contributed by atoms with van der Waals surface area (Å²) >= 11 is 0. The van der Waals surface area contributed by atoms with Crippen molar-refractivity contribution in [3.63, 3.8) is 0 Å². The average molecular weight is 538 g/mol. The zero-order valence-electron chi connectivity index (χ0n) is 21.9. The summed E-state index contributed by atoms with van der Waals surface area (Å²) in [7, 11) is 1.43. The van der Waals surface area contributed by atoms with Crippen LogP contribution in [0.25, 0.3) is 0 Å². The maximum absolute atomic E-state index is 12.7. The van der Waals surface area contributed by atoms with Crippen molar-refractivity contribution in [2.75, 3.05) is 13.7 Å². The fourth-order valence-corrected chi connectivity index (χ4v) is 5.15. The first kappa shape index (κ1) is 28.1. The number of phenols is 2. The second kappa shape index (κ2) is 12.3. The van der Waals surface area contributed by atoms with Gasteiger partial charge in [0.15, 0.2) is 29.0 Å². The van der Waals surface area contributed by atoms with Gasteiger partial charge in [-0.25, -0.2) is 0 Å². The lowest BCUT2D eigenvalue weighted by Crippen LogP contribution is -2.34. The molecular weight excluding hydrogens is 502 g/mol. The van der Waals surface area contributed by atoms with Crippen LogP contribution in [0, 0.1) is 17.8 Å². The number of carbonyl (C=O) groups is 1. The smallest absolute Gasteiger partial charge is 0.200 e. The van der Waals surface area contributed by atoms with Crippen LogP contribution in [-0.4, -0.2) is 58.2 Å². The number of Topliss-reactive ketones (excluding diaryl/α,β-unsaturated/α-hetero) is 1. The summed E-state index contributed by atoms with van der Waals surface area (Å²) in [5, 5.41) is 42.7. The summed E-state index contributed by atoms with van der Waals surface area (Å²) in [6, 6.07) is 5.05. The van der Waals surface area contributed by atoms with E-state index in [0.717, 1.165) is 16.7 Å². The Hall–Kier alpha value is -3.94. The zero-order valence-corrected chi connectivity index (χ0v) is 21.9. The van der Waals surface area contributed by atoms with Gasteiger partial charge in [-0.05, 0) is 49.3 Å². The van der Waals surface area contributed by atoms with Gasteiger partial charge in [-0.2, -0.15) is 0 Å². The molecule has 2 aliphatic rings. The minimum absolute atomic E-state index is 0.0136. The van der Waals surface area contributed by atoms with Crippen LogP contribution >= 0.6 is 0 Å². The van der Waals surface area contributed by atoms with Gasteiger partial charge in [-0.3, -0.25) is 9.79 Å². The van der Waals surface area contributed by atoms with Crippen LogP contribution in [0.3, 0.4) is 0 Å². The summed E-state index contributed by atoms with van der Waals surface area (Å²) in [4.78, 5) is 16.6. The van der Waals surface area contributed by atoms with Gasteiger partial charge in [-0.1, -0.05) is 24.0 Å². The van der Waals surface area contributed by atoms with Crippen molar-refractivity contribution in [3.8, 4) is 34.8 Å². The lowest BCUT2D eigenvalue weighted by atomic mass is 9.86. The van der Waals surface area contributed by atoms with Gasteiger partial charge < -0.3 is 41.4 Å². The predicted molar refractivity (Wildman–Crippen MR) is 145 cm³/mol. The largest absolute Gasteiger partial charge is 0.504 e. The van der Waals surface area contributed by atoms with Gasteiger partial charge >= 0.3 is 0 Å². The molecule has 0 radical (unpaired) electrons. The molecule has 0 aromatic heterocycles. The number of ether oxygens (including phenoxy) is 2. The van der Waals surface area contributed by atoms with Crippen LogP contribution in [0.5, 0.6) is 23.0 Å². The molecule has 2 bridgehead atoms. The Bertz CT molecular complexity index is 1320. The molecule has 1 heterocycles. The molecule has 4 rings (SSSR count). The lowest BCUT2D eigenvalue weighted by molar-refractivity contribution is -0.121. The van der Waals surface area contributed by atoms with Crippen LogP contribution in [0.15, 0.2) is 23.2 Å². The number of methoxy groups -OCH3 is 1. The third-order valence-corrected chi connectivity index (χ3v) is 7.23. The molecule has 208 valence electrons. The van der Waals surface area contributed by atoms with E-state index in [-0.39, 0.29) is 59.9 Å². The third kappa shape index (κ3) is 6.56. The molecular formula is C29H35N3O7. The Morgan fingerprint density at radius 2 is 1.92 bits per heavy atom. The highest BCUT2D eigenvalue weighted by Gasteiger charge is 2.33. The van der Waals surface area contributed by atoms with Crippen LogP contribution in [-0.2, 0) is 30.5 Å². The quantitative estimate of drug-likeness (QED) is 0.191. The number of hydrogen-bond donors (Lipinski definition) is 6. The van der Waals surface area contributed by atoms with E-state index in [9.17, 15) is 25.2 Å². The number of aliphatic hydroxyl groups is 2. The summed E-state index contributed by atoms with van der Waals surface area (Å²) in [5.74, 6) is 5.92. The van der Waals surface area contributed by atoms with Crippen molar-refractivity contribution in [1.82, 2.24) is 0 Å². The highest BCUT2D eigenvalue weighted by molar-refractivity contribution is 5.79. The maximum Gasteiger partial charge on any atom is 0.200 e. The molecule has 0 saturated carbocycles. The van der Waals surface area contributed by atoms with E-state index in [2.05, 4.69) is 16.8 Å². The van der Waals surface area contributed by atoms with Gasteiger partial charge in [0.05, 0.1) is 18.8 Å². The molecule has 10 nitrogen and oxygen atoms in total. The van der Waals surface area contributed by atoms with Gasteiger partial charge in [0.1, 0.15) is 5.78 Å². The number of phenolic OH excluding ortho intramolecular Hbond substituents is 2. The number of nitrogens with zero attached hydrogens (tertiary/aromatic N) is 1. The fraction of sp³-hybridized carbons (Fsp3) is 0.448. The third-order valence-electron chi connectivity index (χ3n) is 7.23. The predicted octanol–water partition coefficient (Wildman–Crippen LogP) is 1.43. The molecule has 0 spiro atoms. The summed E-state index contributed by atoms with van der Waals surface area (Å²) < 4.78 is 11.2. The molecule has 2 aromatic rings. The first-order valence-electron chi connectivity index (χ1n) is 13.0. The minimum Gasteiger partial charge on any atom is -0.504 e. The Kier molecular flexibility index (Phi) is 8.84. The maximum atomic E-state index is 12.7. The fourth-order valence-electron chi connectivity index (χ4n) is 5.15. The second-order valence-corrected chi connectivity index (χ2v) is 9.98. The number of guanidine groups is 1. The van der Waals surface area contributed by atoms with E-state index in [4.69, 9.17) is 20.9 Å². The summed E-state index contributed by atoms with van der Waals surface area (Å²) in [6.07, 6.45) is 0.434. The SMILES string of the molecule is COc1c(O)ccc2c1C#CCc1cc(c3c(c1O)OC(O)C(CCN=C(N)N)C3)CCC(O)CC(=O)CC2. The number of ketones is 1. The minimum atomic E-state index is -1.16.